The Morgan fingerprint density at radius 1 is 1.06 bits per heavy atom. The molecule has 8 atom stereocenters. The van der Waals surface area contributed by atoms with Gasteiger partial charge in [0.15, 0.2) is 5.78 Å². The first-order valence-electron chi connectivity index (χ1n) is 14.2. The predicted molar refractivity (Wildman–Crippen MR) is 142 cm³/mol. The van der Waals surface area contributed by atoms with E-state index in [1.54, 1.807) is 11.1 Å². The van der Waals surface area contributed by atoms with Gasteiger partial charge in [-0.1, -0.05) is 38.0 Å². The predicted octanol–water partition coefficient (Wildman–Crippen LogP) is 6.88. The smallest absolute Gasteiger partial charge is 0.153 e. The molecule has 0 N–H and O–H groups in total. The molecule has 3 nitrogen and oxygen atoms in total. The van der Waals surface area contributed by atoms with E-state index >= 15 is 0 Å². The van der Waals surface area contributed by atoms with Crippen LogP contribution in [0, 0.1) is 40.4 Å². The largest absolute Gasteiger partial charge is 0.300 e. The molecular weight excluding hydrogens is 416 g/mol. The zero-order chi connectivity index (χ0) is 24.4. The highest BCUT2D eigenvalue weighted by Gasteiger charge is 2.59. The van der Waals surface area contributed by atoms with E-state index in [4.69, 9.17) is 4.99 Å². The molecule has 1 aliphatic heterocycles. The molecule has 0 saturated heterocycles. The number of carbonyl (C=O) groups excluding carboxylic acids is 1. The first-order chi connectivity index (χ1) is 16.1. The quantitative estimate of drug-likeness (QED) is 0.425. The first kappa shape index (κ1) is 24.5. The van der Waals surface area contributed by atoms with Gasteiger partial charge in [0.05, 0.1) is 6.04 Å². The number of allylic oxidation sites excluding steroid dienone is 3. The molecule has 0 bridgehead atoms. The number of Topliss-reactive ketones (excluding diaryl/α,β-unsaturated/α-hetero) is 1. The number of carbonyl (C=O) groups is 1. The third-order valence-corrected chi connectivity index (χ3v) is 11.4. The van der Waals surface area contributed by atoms with Crippen LogP contribution in [0.15, 0.2) is 27.8 Å². The van der Waals surface area contributed by atoms with Crippen LogP contribution in [0.5, 0.6) is 0 Å². The summed E-state index contributed by atoms with van der Waals surface area (Å²) in [5.74, 6) is 3.59. The number of likely N-dealkylation sites (N-methyl/N-ethyl adjacent to an activating group) is 1. The molecule has 3 saturated carbocycles. The highest BCUT2D eigenvalue weighted by Crippen LogP contribution is 2.66. The fourth-order valence-electron chi connectivity index (χ4n) is 9.57. The summed E-state index contributed by atoms with van der Waals surface area (Å²) in [6.07, 6.45) is 13.5. The molecule has 4 aliphatic carbocycles. The Bertz CT molecular complexity index is 937. The van der Waals surface area contributed by atoms with Crippen molar-refractivity contribution in [3.05, 3.63) is 22.8 Å². The molecule has 0 spiro atoms. The van der Waals surface area contributed by atoms with Gasteiger partial charge in [0.2, 0.25) is 0 Å². The van der Waals surface area contributed by atoms with Crippen LogP contribution in [0.25, 0.3) is 0 Å². The summed E-state index contributed by atoms with van der Waals surface area (Å²) in [4.78, 5) is 20.6. The molecule has 0 unspecified atom stereocenters. The minimum absolute atomic E-state index is 0.128. The number of ketones is 1. The van der Waals surface area contributed by atoms with Crippen LogP contribution in [-0.2, 0) is 4.79 Å². The van der Waals surface area contributed by atoms with Crippen molar-refractivity contribution in [1.29, 1.82) is 0 Å². The third kappa shape index (κ3) is 3.62. The van der Waals surface area contributed by atoms with Crippen LogP contribution in [0.1, 0.15) is 92.4 Å². The standard InChI is InChI=1S/C31H48N2O/c1-19(2)21-14-17-32-27(21)18-20(3)23-10-11-24-22-8-9-26-29(34)28(33(6)7)13-16-31(26,5)25(22)12-15-30(23,24)4/h8,20,23-26,28H,9-18H2,1-7H3/t20-,23-,24+,25+,26+,28+,30-,31-/m1/s1. The summed E-state index contributed by atoms with van der Waals surface area (Å²) in [6, 6.07) is 0.128. The van der Waals surface area contributed by atoms with Gasteiger partial charge >= 0.3 is 0 Å². The fourth-order valence-corrected chi connectivity index (χ4v) is 9.57. The number of hydrogen-bond donors (Lipinski definition) is 0. The summed E-state index contributed by atoms with van der Waals surface area (Å²) in [5.41, 5.74) is 6.78. The van der Waals surface area contributed by atoms with Crippen molar-refractivity contribution >= 4 is 11.5 Å². The molecule has 3 heteroatoms. The Labute approximate surface area is 208 Å². The summed E-state index contributed by atoms with van der Waals surface area (Å²) in [5, 5.41) is 0. The van der Waals surface area contributed by atoms with Crippen molar-refractivity contribution in [2.45, 2.75) is 98.4 Å². The number of rotatable bonds is 4. The monoisotopic (exact) mass is 464 g/mol. The highest BCUT2D eigenvalue weighted by atomic mass is 16.1. The van der Waals surface area contributed by atoms with E-state index in [1.165, 1.54) is 43.4 Å². The van der Waals surface area contributed by atoms with Gasteiger partial charge in [-0.05, 0) is 126 Å². The lowest BCUT2D eigenvalue weighted by Crippen LogP contribution is -2.56. The second-order valence-electron chi connectivity index (χ2n) is 13.5. The van der Waals surface area contributed by atoms with Crippen LogP contribution >= 0.6 is 0 Å². The van der Waals surface area contributed by atoms with E-state index < -0.39 is 0 Å². The average Bonchev–Trinajstić information content (AvgIpc) is 3.37. The average molecular weight is 465 g/mol. The van der Waals surface area contributed by atoms with Crippen LogP contribution in [0.2, 0.25) is 0 Å². The second kappa shape index (κ2) is 8.71. The van der Waals surface area contributed by atoms with E-state index in [9.17, 15) is 4.79 Å². The zero-order valence-corrected chi connectivity index (χ0v) is 22.9. The van der Waals surface area contributed by atoms with Crippen molar-refractivity contribution < 1.29 is 4.79 Å². The number of hydrogen-bond acceptors (Lipinski definition) is 3. The van der Waals surface area contributed by atoms with E-state index in [-0.39, 0.29) is 17.4 Å². The minimum atomic E-state index is 0.128. The van der Waals surface area contributed by atoms with Crippen LogP contribution < -0.4 is 0 Å². The van der Waals surface area contributed by atoms with Crippen LogP contribution in [-0.4, -0.2) is 43.1 Å². The van der Waals surface area contributed by atoms with Gasteiger partial charge in [0, 0.05) is 18.2 Å². The topological polar surface area (TPSA) is 32.7 Å². The first-order valence-corrected chi connectivity index (χ1v) is 14.2. The Hall–Kier alpha value is -1.22. The van der Waals surface area contributed by atoms with Crippen molar-refractivity contribution in [3.63, 3.8) is 0 Å². The Balaban J connectivity index is 1.37. The minimum Gasteiger partial charge on any atom is -0.300 e. The number of nitrogens with zero attached hydrogens (tertiary/aromatic N) is 2. The Morgan fingerprint density at radius 2 is 1.76 bits per heavy atom. The summed E-state index contributed by atoms with van der Waals surface area (Å²) >= 11 is 0. The van der Waals surface area contributed by atoms with Crippen LogP contribution in [0.3, 0.4) is 0 Å². The maximum absolute atomic E-state index is 13.5. The number of fused-ring (bicyclic) bond motifs is 5. The van der Waals surface area contributed by atoms with Gasteiger partial charge in [-0.3, -0.25) is 14.7 Å². The van der Waals surface area contributed by atoms with E-state index in [2.05, 4.69) is 59.7 Å². The summed E-state index contributed by atoms with van der Waals surface area (Å²) in [7, 11) is 4.16. The SMILES string of the molecule is CC(C)=C1CCN=C1C[C@@H](C)[C@H]1CC[C@H]2C3=CC[C@H]4C(=O)[C@@H](N(C)C)CC[C@]4(C)[C@H]3CC[C@]12C. The lowest BCUT2D eigenvalue weighted by molar-refractivity contribution is -0.140. The van der Waals surface area contributed by atoms with Crippen molar-refractivity contribution in [2.24, 2.45) is 45.4 Å². The van der Waals surface area contributed by atoms with Crippen molar-refractivity contribution in [2.75, 3.05) is 20.6 Å². The molecular formula is C31H48N2O. The maximum atomic E-state index is 13.5. The third-order valence-electron chi connectivity index (χ3n) is 11.4. The zero-order valence-electron chi connectivity index (χ0n) is 22.9. The van der Waals surface area contributed by atoms with Crippen molar-refractivity contribution in [1.82, 2.24) is 4.90 Å². The molecule has 5 aliphatic rings. The second-order valence-corrected chi connectivity index (χ2v) is 13.5. The molecule has 0 radical (unpaired) electrons. The van der Waals surface area contributed by atoms with Gasteiger partial charge in [0.25, 0.3) is 0 Å². The molecule has 0 aromatic heterocycles. The molecule has 188 valence electrons. The Morgan fingerprint density at radius 3 is 2.47 bits per heavy atom. The fraction of sp³-hybridized carbons (Fsp3) is 0.806. The lowest BCUT2D eigenvalue weighted by Gasteiger charge is -2.57. The lowest BCUT2D eigenvalue weighted by atomic mass is 9.47. The maximum Gasteiger partial charge on any atom is 0.153 e. The molecule has 0 amide bonds. The van der Waals surface area contributed by atoms with Gasteiger partial charge in [-0.25, -0.2) is 0 Å². The molecule has 3 fully saturated rings. The van der Waals surface area contributed by atoms with E-state index in [0.29, 0.717) is 23.0 Å². The summed E-state index contributed by atoms with van der Waals surface area (Å²) < 4.78 is 0. The molecule has 5 rings (SSSR count). The van der Waals surface area contributed by atoms with Gasteiger partial charge in [0.1, 0.15) is 0 Å². The van der Waals surface area contributed by atoms with Gasteiger partial charge in [-0.2, -0.15) is 0 Å². The Kier molecular flexibility index (Phi) is 6.27. The highest BCUT2D eigenvalue weighted by molar-refractivity contribution is 6.02. The number of aliphatic imine (C=N–C) groups is 1. The van der Waals surface area contributed by atoms with E-state index in [1.807, 2.05) is 0 Å². The molecule has 0 aromatic rings. The molecule has 0 aromatic carbocycles. The summed E-state index contributed by atoms with van der Waals surface area (Å²) in [6.45, 7) is 13.1. The van der Waals surface area contributed by atoms with E-state index in [0.717, 1.165) is 44.1 Å². The van der Waals surface area contributed by atoms with Gasteiger partial charge < -0.3 is 0 Å². The normalized spacial score (nSPS) is 42.6. The van der Waals surface area contributed by atoms with Crippen molar-refractivity contribution in [3.8, 4) is 0 Å². The van der Waals surface area contributed by atoms with Crippen LogP contribution in [0.4, 0.5) is 0 Å². The van der Waals surface area contributed by atoms with Gasteiger partial charge in [-0.15, -0.1) is 0 Å². The molecule has 34 heavy (non-hydrogen) atoms. The molecule has 1 heterocycles.